The van der Waals surface area contributed by atoms with Gasteiger partial charge in [-0.2, -0.15) is 0 Å². The summed E-state index contributed by atoms with van der Waals surface area (Å²) in [5.41, 5.74) is 0. The van der Waals surface area contributed by atoms with Crippen LogP contribution in [0.5, 0.6) is 0 Å². The van der Waals surface area contributed by atoms with Crippen LogP contribution in [0.3, 0.4) is 0 Å². The standard InChI is InChI=1S/C11H19N5O2S/c1-9-7-15(5-6-19(17,18)8-9)11-12-13-14-16(11)10-3-2-4-10/h9-10H,2-8H2,1H3. The van der Waals surface area contributed by atoms with E-state index in [9.17, 15) is 8.42 Å². The molecule has 0 N–H and O–H groups in total. The van der Waals surface area contributed by atoms with Gasteiger partial charge in [-0.1, -0.05) is 12.0 Å². The van der Waals surface area contributed by atoms with Crippen LogP contribution in [0.15, 0.2) is 0 Å². The average Bonchev–Trinajstić information content (AvgIpc) is 2.64. The highest BCUT2D eigenvalue weighted by Crippen LogP contribution is 2.33. The highest BCUT2D eigenvalue weighted by atomic mass is 32.2. The Balaban J connectivity index is 1.83. The van der Waals surface area contributed by atoms with Gasteiger partial charge in [-0.25, -0.2) is 13.1 Å². The summed E-state index contributed by atoms with van der Waals surface area (Å²) in [6.45, 7) is 3.15. The smallest absolute Gasteiger partial charge is 0.245 e. The Bertz CT molecular complexity index is 551. The van der Waals surface area contributed by atoms with Crippen molar-refractivity contribution in [2.75, 3.05) is 29.5 Å². The van der Waals surface area contributed by atoms with Crippen LogP contribution in [0.4, 0.5) is 5.95 Å². The van der Waals surface area contributed by atoms with Crippen molar-refractivity contribution in [2.24, 2.45) is 5.92 Å². The molecule has 0 aromatic carbocycles. The third-order valence-electron chi connectivity index (χ3n) is 3.92. The van der Waals surface area contributed by atoms with Gasteiger partial charge in [-0.3, -0.25) is 0 Å². The molecule has 1 atom stereocenters. The van der Waals surface area contributed by atoms with Crippen LogP contribution in [0.2, 0.25) is 0 Å². The molecular formula is C11H19N5O2S. The van der Waals surface area contributed by atoms with Gasteiger partial charge in [-0.15, -0.1) is 0 Å². The van der Waals surface area contributed by atoms with Crippen molar-refractivity contribution in [2.45, 2.75) is 32.2 Å². The van der Waals surface area contributed by atoms with Crippen molar-refractivity contribution in [1.29, 1.82) is 0 Å². The van der Waals surface area contributed by atoms with E-state index in [-0.39, 0.29) is 17.4 Å². The second-order valence-corrected chi connectivity index (χ2v) is 7.90. The van der Waals surface area contributed by atoms with E-state index in [0.717, 1.165) is 18.8 Å². The Morgan fingerprint density at radius 1 is 1.32 bits per heavy atom. The highest BCUT2D eigenvalue weighted by Gasteiger charge is 2.30. The van der Waals surface area contributed by atoms with Gasteiger partial charge in [0.2, 0.25) is 5.95 Å². The first-order valence-corrected chi connectivity index (χ1v) is 8.60. The molecule has 1 unspecified atom stereocenters. The van der Waals surface area contributed by atoms with Crippen molar-refractivity contribution < 1.29 is 8.42 Å². The maximum Gasteiger partial charge on any atom is 0.245 e. The molecule has 1 aromatic rings. The molecule has 19 heavy (non-hydrogen) atoms. The van der Waals surface area contributed by atoms with Gasteiger partial charge >= 0.3 is 0 Å². The Morgan fingerprint density at radius 2 is 2.11 bits per heavy atom. The molecule has 2 fully saturated rings. The summed E-state index contributed by atoms with van der Waals surface area (Å²) < 4.78 is 25.5. The van der Waals surface area contributed by atoms with Crippen LogP contribution in [0, 0.1) is 5.92 Å². The molecule has 0 bridgehead atoms. The number of sulfone groups is 1. The van der Waals surface area contributed by atoms with Crippen molar-refractivity contribution in [1.82, 2.24) is 20.2 Å². The molecule has 0 radical (unpaired) electrons. The van der Waals surface area contributed by atoms with E-state index in [2.05, 4.69) is 15.5 Å². The lowest BCUT2D eigenvalue weighted by Crippen LogP contribution is -2.33. The third kappa shape index (κ3) is 2.58. The van der Waals surface area contributed by atoms with Gasteiger partial charge in [0, 0.05) is 13.1 Å². The molecule has 0 amide bonds. The molecule has 1 aliphatic heterocycles. The number of tetrazole rings is 1. The Labute approximate surface area is 112 Å². The van der Waals surface area contributed by atoms with Crippen molar-refractivity contribution in [3.63, 3.8) is 0 Å². The van der Waals surface area contributed by atoms with Crippen molar-refractivity contribution in [3.05, 3.63) is 0 Å². The second-order valence-electron chi connectivity index (χ2n) is 5.67. The predicted octanol–water partition coefficient (Wildman–Crippen LogP) is 0.269. The van der Waals surface area contributed by atoms with E-state index in [4.69, 9.17) is 0 Å². The quantitative estimate of drug-likeness (QED) is 0.776. The first kappa shape index (κ1) is 12.8. The summed E-state index contributed by atoms with van der Waals surface area (Å²) in [5.74, 6) is 1.29. The largest absolute Gasteiger partial charge is 0.338 e. The lowest BCUT2D eigenvalue weighted by molar-refractivity contribution is 0.285. The summed E-state index contributed by atoms with van der Waals surface area (Å²) in [4.78, 5) is 2.02. The van der Waals surface area contributed by atoms with Gasteiger partial charge in [0.25, 0.3) is 0 Å². The van der Waals surface area contributed by atoms with Gasteiger partial charge in [0.05, 0.1) is 17.5 Å². The van der Waals surface area contributed by atoms with E-state index >= 15 is 0 Å². The maximum absolute atomic E-state index is 11.8. The molecule has 2 aliphatic rings. The van der Waals surface area contributed by atoms with Crippen molar-refractivity contribution in [3.8, 4) is 0 Å². The topological polar surface area (TPSA) is 81.0 Å². The zero-order valence-electron chi connectivity index (χ0n) is 11.1. The van der Waals surface area contributed by atoms with Crippen LogP contribution >= 0.6 is 0 Å². The summed E-state index contributed by atoms with van der Waals surface area (Å²) in [7, 11) is -2.94. The number of anilines is 1. The van der Waals surface area contributed by atoms with Gasteiger partial charge in [-0.05, 0) is 35.6 Å². The predicted molar refractivity (Wildman–Crippen MR) is 70.7 cm³/mol. The number of aromatic nitrogens is 4. The van der Waals surface area contributed by atoms with Crippen LogP contribution in [0.25, 0.3) is 0 Å². The van der Waals surface area contributed by atoms with E-state index in [0.29, 0.717) is 19.1 Å². The highest BCUT2D eigenvalue weighted by molar-refractivity contribution is 7.91. The fraction of sp³-hybridized carbons (Fsp3) is 0.909. The second kappa shape index (κ2) is 4.73. The summed E-state index contributed by atoms with van der Waals surface area (Å²) in [6, 6.07) is 0.389. The molecule has 0 spiro atoms. The minimum absolute atomic E-state index is 0.110. The lowest BCUT2D eigenvalue weighted by atomic mass is 9.93. The SMILES string of the molecule is CC1CN(c2nnnn2C2CCC2)CCS(=O)(=O)C1. The molecule has 7 nitrogen and oxygen atoms in total. The first-order valence-electron chi connectivity index (χ1n) is 6.78. The number of nitrogens with zero attached hydrogens (tertiary/aromatic N) is 5. The minimum Gasteiger partial charge on any atom is -0.338 e. The molecule has 1 aliphatic carbocycles. The molecule has 1 saturated heterocycles. The molecule has 3 rings (SSSR count). The van der Waals surface area contributed by atoms with E-state index in [1.165, 1.54) is 6.42 Å². The molecule has 2 heterocycles. The zero-order chi connectivity index (χ0) is 13.5. The minimum atomic E-state index is -2.94. The fourth-order valence-corrected chi connectivity index (χ4v) is 4.37. The normalized spacial score (nSPS) is 27.8. The van der Waals surface area contributed by atoms with Crippen LogP contribution < -0.4 is 4.90 Å². The Hall–Kier alpha value is -1.18. The maximum atomic E-state index is 11.8. The molecule has 1 saturated carbocycles. The van der Waals surface area contributed by atoms with Crippen LogP contribution in [0.1, 0.15) is 32.2 Å². The summed E-state index contributed by atoms with van der Waals surface area (Å²) in [6.07, 6.45) is 3.44. The van der Waals surface area contributed by atoms with E-state index < -0.39 is 9.84 Å². The van der Waals surface area contributed by atoms with Crippen LogP contribution in [-0.4, -0.2) is 53.2 Å². The Kier molecular flexibility index (Phi) is 3.20. The van der Waals surface area contributed by atoms with Crippen molar-refractivity contribution >= 4 is 15.8 Å². The number of hydrogen-bond donors (Lipinski definition) is 0. The van der Waals surface area contributed by atoms with E-state index in [1.807, 2.05) is 16.5 Å². The van der Waals surface area contributed by atoms with Gasteiger partial charge in [0.1, 0.15) is 0 Å². The Morgan fingerprint density at radius 3 is 2.79 bits per heavy atom. The van der Waals surface area contributed by atoms with Crippen LogP contribution in [-0.2, 0) is 9.84 Å². The molecule has 8 heteroatoms. The fourth-order valence-electron chi connectivity index (χ4n) is 2.73. The molecule has 106 valence electrons. The summed E-state index contributed by atoms with van der Waals surface area (Å²) in [5, 5.41) is 11.9. The average molecular weight is 285 g/mol. The first-order chi connectivity index (χ1) is 9.05. The lowest BCUT2D eigenvalue weighted by Gasteiger charge is -2.29. The molecular weight excluding hydrogens is 266 g/mol. The third-order valence-corrected chi connectivity index (χ3v) is 5.80. The molecule has 1 aromatic heterocycles. The zero-order valence-corrected chi connectivity index (χ0v) is 11.9. The van der Waals surface area contributed by atoms with Gasteiger partial charge < -0.3 is 4.90 Å². The van der Waals surface area contributed by atoms with Gasteiger partial charge in [0.15, 0.2) is 9.84 Å². The monoisotopic (exact) mass is 285 g/mol. The summed E-state index contributed by atoms with van der Waals surface area (Å²) >= 11 is 0. The van der Waals surface area contributed by atoms with E-state index in [1.54, 1.807) is 0 Å². The number of rotatable bonds is 2. The number of hydrogen-bond acceptors (Lipinski definition) is 6.